The first-order chi connectivity index (χ1) is 8.41. The highest BCUT2D eigenvalue weighted by Crippen LogP contribution is 2.45. The molecule has 0 amide bonds. The van der Waals surface area contributed by atoms with Crippen LogP contribution in [0.4, 0.5) is 13.2 Å². The fourth-order valence-corrected chi connectivity index (χ4v) is 4.50. The highest BCUT2D eigenvalue weighted by atomic mass is 79.9. The molecule has 7 heteroatoms. The molecule has 18 heavy (non-hydrogen) atoms. The van der Waals surface area contributed by atoms with Crippen molar-refractivity contribution in [2.24, 2.45) is 0 Å². The largest absolute Gasteiger partial charge is 0.418 e. The van der Waals surface area contributed by atoms with Gasteiger partial charge in [0.25, 0.3) is 0 Å². The van der Waals surface area contributed by atoms with Gasteiger partial charge in [0, 0.05) is 21.3 Å². The van der Waals surface area contributed by atoms with Gasteiger partial charge in [-0.1, -0.05) is 0 Å². The van der Waals surface area contributed by atoms with Crippen molar-refractivity contribution in [3.8, 4) is 0 Å². The Labute approximate surface area is 120 Å². The predicted octanol–water partition coefficient (Wildman–Crippen LogP) is 5.38. The third-order valence-corrected chi connectivity index (χ3v) is 5.66. The molecule has 102 valence electrons. The van der Waals surface area contributed by atoms with E-state index in [1.54, 1.807) is 0 Å². The summed E-state index contributed by atoms with van der Waals surface area (Å²) >= 11 is 10.3. The lowest BCUT2D eigenvalue weighted by Crippen LogP contribution is -2.23. The van der Waals surface area contributed by atoms with Crippen LogP contribution in [0.3, 0.4) is 0 Å². The second kappa shape index (κ2) is 5.69. The minimum Gasteiger partial charge on any atom is -0.376 e. The van der Waals surface area contributed by atoms with Crippen LogP contribution in [-0.4, -0.2) is 12.7 Å². The van der Waals surface area contributed by atoms with E-state index in [1.807, 2.05) is 0 Å². The lowest BCUT2D eigenvalue weighted by molar-refractivity contribution is -0.137. The summed E-state index contributed by atoms with van der Waals surface area (Å²) < 4.78 is 43.6. The van der Waals surface area contributed by atoms with Gasteiger partial charge in [0.05, 0.1) is 17.0 Å². The Morgan fingerprint density at radius 2 is 2.17 bits per heavy atom. The van der Waals surface area contributed by atoms with E-state index in [1.165, 1.54) is 0 Å². The summed E-state index contributed by atoms with van der Waals surface area (Å²) in [4.78, 5) is 0.496. The Kier molecular flexibility index (Phi) is 4.62. The van der Waals surface area contributed by atoms with Crippen LogP contribution in [0.2, 0.25) is 0 Å². The van der Waals surface area contributed by atoms with Crippen LogP contribution < -0.4 is 0 Å². The number of thiophene rings is 1. The number of hydrogen-bond donors (Lipinski definition) is 0. The summed E-state index contributed by atoms with van der Waals surface area (Å²) in [5, 5.41) is 0.568. The minimum absolute atomic E-state index is 0.0502. The van der Waals surface area contributed by atoms with Crippen molar-refractivity contribution >= 4 is 38.9 Å². The molecule has 0 saturated carbocycles. The number of hydrogen-bond acceptors (Lipinski definition) is 2. The van der Waals surface area contributed by atoms with Gasteiger partial charge in [-0.3, -0.25) is 0 Å². The van der Waals surface area contributed by atoms with Crippen molar-refractivity contribution in [3.63, 3.8) is 0 Å². The average Bonchev–Trinajstić information content (AvgIpc) is 2.71. The summed E-state index contributed by atoms with van der Waals surface area (Å²) in [5.41, 5.74) is -0.663. The summed E-state index contributed by atoms with van der Waals surface area (Å²) in [6.07, 6.45) is -1.77. The topological polar surface area (TPSA) is 9.23 Å². The van der Waals surface area contributed by atoms with E-state index in [-0.39, 0.29) is 10.6 Å². The third-order valence-electron chi connectivity index (χ3n) is 2.85. The van der Waals surface area contributed by atoms with E-state index >= 15 is 0 Å². The van der Waals surface area contributed by atoms with Crippen LogP contribution in [0.1, 0.15) is 35.1 Å². The first-order valence-corrected chi connectivity index (χ1v) is 7.62. The van der Waals surface area contributed by atoms with Crippen molar-refractivity contribution in [1.29, 1.82) is 0 Å². The highest BCUT2D eigenvalue weighted by Gasteiger charge is 2.37. The Hall–Kier alpha value is 0.220. The molecule has 0 spiro atoms. The fraction of sp³-hybridized carbons (Fsp3) is 0.636. The predicted molar refractivity (Wildman–Crippen MR) is 69.2 cm³/mol. The van der Waals surface area contributed by atoms with Gasteiger partial charge in [0.15, 0.2) is 0 Å². The molecule has 2 rings (SSSR count). The van der Waals surface area contributed by atoms with Crippen LogP contribution in [-0.2, 0) is 10.9 Å². The summed E-state index contributed by atoms with van der Waals surface area (Å²) in [6, 6.07) is 0. The highest BCUT2D eigenvalue weighted by molar-refractivity contribution is 9.10. The normalized spacial score (nSPS) is 23.1. The Balaban J connectivity index is 2.20. The first-order valence-electron chi connectivity index (χ1n) is 5.51. The van der Waals surface area contributed by atoms with Crippen molar-refractivity contribution in [3.05, 3.63) is 20.3 Å². The van der Waals surface area contributed by atoms with E-state index in [2.05, 4.69) is 15.9 Å². The zero-order valence-corrected chi connectivity index (χ0v) is 12.4. The molecule has 0 aliphatic carbocycles. The zero-order chi connectivity index (χ0) is 13.3. The molecular formula is C11H11BrClF3OS. The Morgan fingerprint density at radius 3 is 2.67 bits per heavy atom. The maximum Gasteiger partial charge on any atom is 0.418 e. The van der Waals surface area contributed by atoms with Crippen molar-refractivity contribution in [2.45, 2.75) is 36.9 Å². The van der Waals surface area contributed by atoms with Gasteiger partial charge in [-0.25, -0.2) is 0 Å². The van der Waals surface area contributed by atoms with Crippen LogP contribution in [0.15, 0.2) is 9.85 Å². The number of alkyl halides is 4. The van der Waals surface area contributed by atoms with Gasteiger partial charge >= 0.3 is 6.18 Å². The Morgan fingerprint density at radius 1 is 1.44 bits per heavy atom. The fourth-order valence-electron chi connectivity index (χ4n) is 1.90. The molecule has 1 aliphatic rings. The Bertz CT molecular complexity index is 415. The molecule has 0 bridgehead atoms. The van der Waals surface area contributed by atoms with Crippen molar-refractivity contribution in [2.75, 3.05) is 6.61 Å². The van der Waals surface area contributed by atoms with Crippen LogP contribution >= 0.6 is 38.9 Å². The number of halogens is 5. The minimum atomic E-state index is -4.35. The van der Waals surface area contributed by atoms with E-state index in [9.17, 15) is 13.2 Å². The van der Waals surface area contributed by atoms with Crippen LogP contribution in [0.5, 0.6) is 0 Å². The summed E-state index contributed by atoms with van der Waals surface area (Å²) in [7, 11) is 0. The molecule has 1 fully saturated rings. The lowest BCUT2D eigenvalue weighted by Gasteiger charge is -2.26. The van der Waals surface area contributed by atoms with Crippen molar-refractivity contribution in [1.82, 2.24) is 0 Å². The summed E-state index contributed by atoms with van der Waals surface area (Å²) in [6.45, 7) is 0.628. The second-order valence-electron chi connectivity index (χ2n) is 4.13. The van der Waals surface area contributed by atoms with Gasteiger partial charge in [-0.15, -0.1) is 22.9 Å². The lowest BCUT2D eigenvalue weighted by atomic mass is 10.0. The molecular weight excluding hydrogens is 353 g/mol. The van der Waals surface area contributed by atoms with Gasteiger partial charge in [-0.05, 0) is 35.2 Å². The molecule has 1 saturated heterocycles. The van der Waals surface area contributed by atoms with E-state index < -0.39 is 17.1 Å². The molecule has 2 atom stereocenters. The SMILES string of the molecule is FC(F)(F)c1csc(C(Cl)C2CCCCO2)c1Br. The molecule has 0 N–H and O–H groups in total. The molecule has 1 aromatic rings. The van der Waals surface area contributed by atoms with E-state index in [0.717, 1.165) is 36.0 Å². The average molecular weight is 364 g/mol. The first kappa shape index (κ1) is 14.6. The number of ether oxygens (including phenoxy) is 1. The van der Waals surface area contributed by atoms with Gasteiger partial charge < -0.3 is 4.74 Å². The second-order valence-corrected chi connectivity index (χ2v) is 6.31. The molecule has 2 unspecified atom stereocenters. The van der Waals surface area contributed by atoms with Crippen LogP contribution in [0, 0.1) is 0 Å². The van der Waals surface area contributed by atoms with Crippen LogP contribution in [0.25, 0.3) is 0 Å². The smallest absolute Gasteiger partial charge is 0.376 e. The molecule has 0 aromatic carbocycles. The quantitative estimate of drug-likeness (QED) is 0.641. The molecule has 1 aromatic heterocycles. The molecule has 0 radical (unpaired) electrons. The van der Waals surface area contributed by atoms with Gasteiger partial charge in [0.2, 0.25) is 0 Å². The maximum absolute atomic E-state index is 12.7. The standard InChI is InChI=1S/C11H11BrClF3OS/c12-8-6(11(14,15)16)5-18-10(8)9(13)7-3-1-2-4-17-7/h5,7,9H,1-4H2. The monoisotopic (exact) mass is 362 g/mol. The molecule has 2 heterocycles. The van der Waals surface area contributed by atoms with E-state index in [0.29, 0.717) is 11.5 Å². The molecule has 1 nitrogen and oxygen atoms in total. The summed E-state index contributed by atoms with van der Waals surface area (Å²) in [5.74, 6) is 0. The third kappa shape index (κ3) is 3.03. The number of rotatable bonds is 2. The maximum atomic E-state index is 12.7. The zero-order valence-electron chi connectivity index (χ0n) is 9.27. The van der Waals surface area contributed by atoms with Crippen molar-refractivity contribution < 1.29 is 17.9 Å². The van der Waals surface area contributed by atoms with Gasteiger partial charge in [-0.2, -0.15) is 13.2 Å². The molecule has 1 aliphatic heterocycles. The van der Waals surface area contributed by atoms with E-state index in [4.69, 9.17) is 16.3 Å². The van der Waals surface area contributed by atoms with Gasteiger partial charge in [0.1, 0.15) is 0 Å².